The van der Waals surface area contributed by atoms with Crippen LogP contribution in [-0.4, -0.2) is 26.6 Å². The molecule has 0 fully saturated rings. The second-order valence-electron chi connectivity index (χ2n) is 4.74. The van der Waals surface area contributed by atoms with Gasteiger partial charge in [0.05, 0.1) is 13.7 Å². The van der Waals surface area contributed by atoms with Gasteiger partial charge in [0.1, 0.15) is 5.75 Å². The highest BCUT2D eigenvalue weighted by molar-refractivity contribution is 5.94. The quantitative estimate of drug-likeness (QED) is 0.886. The van der Waals surface area contributed by atoms with Crippen LogP contribution in [0, 0.1) is 0 Å². The zero-order valence-corrected chi connectivity index (χ0v) is 12.4. The van der Waals surface area contributed by atoms with Crippen molar-refractivity contribution < 1.29 is 9.53 Å². The molecule has 0 spiro atoms. The number of carbonyl (C=O) groups excluding carboxylic acids is 1. The van der Waals surface area contributed by atoms with E-state index in [2.05, 4.69) is 5.32 Å². The first-order valence-electron chi connectivity index (χ1n) is 6.86. The minimum Gasteiger partial charge on any atom is -0.497 e. The third kappa shape index (κ3) is 4.33. The number of anilines is 1. The summed E-state index contributed by atoms with van der Waals surface area (Å²) in [5, 5.41) is 3.16. The van der Waals surface area contributed by atoms with Gasteiger partial charge in [-0.25, -0.2) is 0 Å². The number of benzene rings is 2. The van der Waals surface area contributed by atoms with Crippen molar-refractivity contribution in [3.05, 3.63) is 60.2 Å². The molecule has 0 bridgehead atoms. The number of nitrogens with zero attached hydrogens (tertiary/aromatic N) is 1. The van der Waals surface area contributed by atoms with Crippen molar-refractivity contribution >= 4 is 11.6 Å². The zero-order chi connectivity index (χ0) is 15.1. The minimum atomic E-state index is 0.0368. The van der Waals surface area contributed by atoms with Crippen molar-refractivity contribution in [3.8, 4) is 5.75 Å². The number of ether oxygens (including phenoxy) is 1. The molecule has 0 heterocycles. The predicted molar refractivity (Wildman–Crippen MR) is 84.6 cm³/mol. The fourth-order valence-electron chi connectivity index (χ4n) is 1.97. The van der Waals surface area contributed by atoms with Crippen molar-refractivity contribution in [1.82, 2.24) is 5.32 Å². The van der Waals surface area contributed by atoms with Crippen LogP contribution in [0.15, 0.2) is 54.6 Å². The second-order valence-corrected chi connectivity index (χ2v) is 4.74. The van der Waals surface area contributed by atoms with Gasteiger partial charge >= 0.3 is 0 Å². The summed E-state index contributed by atoms with van der Waals surface area (Å²) in [4.78, 5) is 13.7. The summed E-state index contributed by atoms with van der Waals surface area (Å²) in [5.74, 6) is 0.869. The van der Waals surface area contributed by atoms with Crippen molar-refractivity contribution in [2.75, 3.05) is 25.6 Å². The zero-order valence-electron chi connectivity index (χ0n) is 12.4. The monoisotopic (exact) mass is 284 g/mol. The number of hydrogen-bond donors (Lipinski definition) is 1. The molecular formula is C17H20N2O2. The van der Waals surface area contributed by atoms with E-state index in [1.165, 1.54) is 0 Å². The highest BCUT2D eigenvalue weighted by Crippen LogP contribution is 2.12. The van der Waals surface area contributed by atoms with Crippen molar-refractivity contribution in [1.29, 1.82) is 0 Å². The molecule has 0 aliphatic heterocycles. The SMILES string of the molecule is COc1ccc(CNCC(=O)N(C)c2ccccc2)cc1. The number of amides is 1. The van der Waals surface area contributed by atoms with E-state index in [9.17, 15) is 4.79 Å². The van der Waals surface area contributed by atoms with E-state index in [0.717, 1.165) is 17.0 Å². The van der Waals surface area contributed by atoms with Gasteiger partial charge in [0.15, 0.2) is 0 Å². The van der Waals surface area contributed by atoms with Crippen molar-refractivity contribution in [3.63, 3.8) is 0 Å². The van der Waals surface area contributed by atoms with Gasteiger partial charge in [0.2, 0.25) is 5.91 Å². The largest absolute Gasteiger partial charge is 0.497 e. The van der Waals surface area contributed by atoms with E-state index in [1.807, 2.05) is 54.6 Å². The molecular weight excluding hydrogens is 264 g/mol. The Hall–Kier alpha value is -2.33. The number of para-hydroxylation sites is 1. The molecule has 0 aliphatic carbocycles. The van der Waals surface area contributed by atoms with E-state index < -0.39 is 0 Å². The summed E-state index contributed by atoms with van der Waals surface area (Å²) >= 11 is 0. The van der Waals surface area contributed by atoms with E-state index in [4.69, 9.17) is 4.74 Å². The molecule has 2 rings (SSSR count). The van der Waals surface area contributed by atoms with E-state index in [1.54, 1.807) is 19.1 Å². The third-order valence-electron chi connectivity index (χ3n) is 3.28. The first-order valence-corrected chi connectivity index (χ1v) is 6.86. The van der Waals surface area contributed by atoms with Crippen LogP contribution in [0.4, 0.5) is 5.69 Å². The molecule has 2 aromatic carbocycles. The van der Waals surface area contributed by atoms with Crippen LogP contribution in [0.5, 0.6) is 5.75 Å². The number of carbonyl (C=O) groups is 1. The Morgan fingerprint density at radius 2 is 1.76 bits per heavy atom. The van der Waals surface area contributed by atoms with E-state index in [-0.39, 0.29) is 5.91 Å². The molecule has 0 aromatic heterocycles. The van der Waals surface area contributed by atoms with Gasteiger partial charge in [-0.2, -0.15) is 0 Å². The minimum absolute atomic E-state index is 0.0368. The van der Waals surface area contributed by atoms with E-state index in [0.29, 0.717) is 13.1 Å². The highest BCUT2D eigenvalue weighted by atomic mass is 16.5. The Bertz CT molecular complexity index is 567. The Kier molecular flexibility index (Phi) is 5.35. The Morgan fingerprint density at radius 1 is 1.10 bits per heavy atom. The maximum atomic E-state index is 12.1. The Morgan fingerprint density at radius 3 is 2.38 bits per heavy atom. The van der Waals surface area contributed by atoms with Crippen LogP contribution in [0.3, 0.4) is 0 Å². The number of rotatable bonds is 6. The van der Waals surface area contributed by atoms with Gasteiger partial charge in [-0.15, -0.1) is 0 Å². The summed E-state index contributed by atoms with van der Waals surface area (Å²) in [6.07, 6.45) is 0. The van der Waals surface area contributed by atoms with Crippen LogP contribution < -0.4 is 15.0 Å². The lowest BCUT2D eigenvalue weighted by molar-refractivity contribution is -0.117. The topological polar surface area (TPSA) is 41.6 Å². The molecule has 1 amide bonds. The van der Waals surface area contributed by atoms with Crippen molar-refractivity contribution in [2.24, 2.45) is 0 Å². The Balaban J connectivity index is 1.81. The van der Waals surface area contributed by atoms with Crippen LogP contribution in [0.2, 0.25) is 0 Å². The molecule has 0 unspecified atom stereocenters. The Labute approximate surface area is 125 Å². The predicted octanol–water partition coefficient (Wildman–Crippen LogP) is 2.45. The highest BCUT2D eigenvalue weighted by Gasteiger charge is 2.09. The molecule has 1 N–H and O–H groups in total. The average Bonchev–Trinajstić information content (AvgIpc) is 2.55. The normalized spacial score (nSPS) is 10.2. The standard InChI is InChI=1S/C17H20N2O2/c1-19(15-6-4-3-5-7-15)17(20)13-18-12-14-8-10-16(21-2)11-9-14/h3-11,18H,12-13H2,1-2H3. The number of hydrogen-bond acceptors (Lipinski definition) is 3. The van der Waals surface area contributed by atoms with Crippen LogP contribution in [-0.2, 0) is 11.3 Å². The summed E-state index contributed by atoms with van der Waals surface area (Å²) in [7, 11) is 3.43. The van der Waals surface area contributed by atoms with Gasteiger partial charge < -0.3 is 15.0 Å². The molecule has 0 saturated carbocycles. The van der Waals surface area contributed by atoms with Gasteiger partial charge in [-0.05, 0) is 29.8 Å². The lowest BCUT2D eigenvalue weighted by Crippen LogP contribution is -2.35. The smallest absolute Gasteiger partial charge is 0.240 e. The summed E-state index contributed by atoms with van der Waals surface area (Å²) in [6, 6.07) is 17.4. The first-order chi connectivity index (χ1) is 10.2. The van der Waals surface area contributed by atoms with Crippen molar-refractivity contribution in [2.45, 2.75) is 6.54 Å². The molecule has 2 aromatic rings. The van der Waals surface area contributed by atoms with Crippen LogP contribution in [0.1, 0.15) is 5.56 Å². The molecule has 0 atom stereocenters. The second kappa shape index (κ2) is 7.45. The molecule has 110 valence electrons. The molecule has 0 radical (unpaired) electrons. The van der Waals surface area contributed by atoms with Gasteiger partial charge in [0, 0.05) is 19.3 Å². The lowest BCUT2D eigenvalue weighted by Gasteiger charge is -2.17. The van der Waals surface area contributed by atoms with Crippen LogP contribution in [0.25, 0.3) is 0 Å². The maximum absolute atomic E-state index is 12.1. The van der Waals surface area contributed by atoms with Crippen LogP contribution >= 0.6 is 0 Å². The molecule has 0 saturated heterocycles. The molecule has 4 nitrogen and oxygen atoms in total. The van der Waals surface area contributed by atoms with E-state index >= 15 is 0 Å². The molecule has 0 aliphatic rings. The third-order valence-corrected chi connectivity index (χ3v) is 3.28. The van der Waals surface area contributed by atoms with Gasteiger partial charge in [-0.3, -0.25) is 4.79 Å². The fraction of sp³-hybridized carbons (Fsp3) is 0.235. The average molecular weight is 284 g/mol. The summed E-state index contributed by atoms with van der Waals surface area (Å²) in [5.41, 5.74) is 2.01. The number of nitrogens with one attached hydrogen (secondary N) is 1. The lowest BCUT2D eigenvalue weighted by atomic mass is 10.2. The summed E-state index contributed by atoms with van der Waals surface area (Å²) < 4.78 is 5.11. The van der Waals surface area contributed by atoms with Gasteiger partial charge in [0.25, 0.3) is 0 Å². The number of methoxy groups -OCH3 is 1. The fourth-order valence-corrected chi connectivity index (χ4v) is 1.97. The maximum Gasteiger partial charge on any atom is 0.240 e. The molecule has 21 heavy (non-hydrogen) atoms. The molecule has 4 heteroatoms. The number of likely N-dealkylation sites (N-methyl/N-ethyl adjacent to an activating group) is 1. The first kappa shape index (κ1) is 15.1. The van der Waals surface area contributed by atoms with Gasteiger partial charge in [-0.1, -0.05) is 30.3 Å². The summed E-state index contributed by atoms with van der Waals surface area (Å²) in [6.45, 7) is 0.954.